The minimum atomic E-state index is 0.143. The fourth-order valence-corrected chi connectivity index (χ4v) is 2.65. The first-order valence-corrected chi connectivity index (χ1v) is 5.79. The maximum atomic E-state index is 11.6. The van der Waals surface area contributed by atoms with Crippen molar-refractivity contribution in [2.45, 2.75) is 24.6 Å². The van der Waals surface area contributed by atoms with Crippen LogP contribution in [0.2, 0.25) is 0 Å². The highest BCUT2D eigenvalue weighted by Crippen LogP contribution is 2.25. The summed E-state index contributed by atoms with van der Waals surface area (Å²) in [6.45, 7) is 0.503. The summed E-state index contributed by atoms with van der Waals surface area (Å²) in [5.41, 5.74) is 0. The Morgan fingerprint density at radius 1 is 1.79 bits per heavy atom. The average molecular weight is 211 g/mol. The van der Waals surface area contributed by atoms with E-state index < -0.39 is 0 Å². The van der Waals surface area contributed by atoms with Gasteiger partial charge in [-0.25, -0.2) is 4.98 Å². The summed E-state index contributed by atoms with van der Waals surface area (Å²) in [4.78, 5) is 18.6. The SMILES string of the molecule is O=C(NCc1ncc[nH]1)C1CCCS1. The van der Waals surface area contributed by atoms with Crippen molar-refractivity contribution in [3.63, 3.8) is 0 Å². The van der Waals surface area contributed by atoms with Crippen LogP contribution in [0, 0.1) is 0 Å². The number of nitrogens with zero attached hydrogens (tertiary/aromatic N) is 1. The van der Waals surface area contributed by atoms with Gasteiger partial charge in [-0.2, -0.15) is 0 Å². The third-order valence-corrected chi connectivity index (χ3v) is 3.58. The van der Waals surface area contributed by atoms with Gasteiger partial charge in [-0.15, -0.1) is 11.8 Å². The average Bonchev–Trinajstić information content (AvgIpc) is 2.87. The van der Waals surface area contributed by atoms with Crippen LogP contribution in [0.15, 0.2) is 12.4 Å². The van der Waals surface area contributed by atoms with Crippen LogP contribution in [0.5, 0.6) is 0 Å². The lowest BCUT2D eigenvalue weighted by Crippen LogP contribution is -2.31. The molecule has 2 heterocycles. The standard InChI is InChI=1S/C9H13N3OS/c13-9(7-2-1-5-14-7)12-6-8-10-3-4-11-8/h3-4,7H,1-2,5-6H2,(H,10,11)(H,12,13). The Labute approximate surface area is 86.9 Å². The maximum absolute atomic E-state index is 11.6. The van der Waals surface area contributed by atoms with E-state index >= 15 is 0 Å². The second kappa shape index (κ2) is 4.50. The van der Waals surface area contributed by atoms with E-state index in [9.17, 15) is 4.79 Å². The van der Waals surface area contributed by atoms with Crippen molar-refractivity contribution >= 4 is 17.7 Å². The molecule has 1 atom stereocenters. The number of hydrogen-bond donors (Lipinski definition) is 2. The zero-order chi connectivity index (χ0) is 9.80. The molecule has 2 N–H and O–H groups in total. The Morgan fingerprint density at radius 2 is 2.71 bits per heavy atom. The highest BCUT2D eigenvalue weighted by molar-refractivity contribution is 8.00. The molecular formula is C9H13N3OS. The van der Waals surface area contributed by atoms with E-state index in [1.807, 2.05) is 0 Å². The number of imidazole rings is 1. The Bertz CT molecular complexity index is 293. The van der Waals surface area contributed by atoms with Gasteiger partial charge in [0.05, 0.1) is 11.8 Å². The molecule has 14 heavy (non-hydrogen) atoms. The third kappa shape index (κ3) is 2.29. The molecule has 1 saturated heterocycles. The molecular weight excluding hydrogens is 198 g/mol. The molecule has 1 unspecified atom stereocenters. The topological polar surface area (TPSA) is 57.8 Å². The van der Waals surface area contributed by atoms with E-state index in [1.54, 1.807) is 24.2 Å². The minimum absolute atomic E-state index is 0.143. The summed E-state index contributed by atoms with van der Waals surface area (Å²) in [7, 11) is 0. The Hall–Kier alpha value is -0.970. The molecule has 1 aromatic rings. The quantitative estimate of drug-likeness (QED) is 0.781. The molecule has 76 valence electrons. The molecule has 1 aliphatic heterocycles. The van der Waals surface area contributed by atoms with Gasteiger partial charge in [0.25, 0.3) is 0 Å². The van der Waals surface area contributed by atoms with Crippen LogP contribution in [0.4, 0.5) is 0 Å². The van der Waals surface area contributed by atoms with Crippen molar-refractivity contribution in [3.8, 4) is 0 Å². The lowest BCUT2D eigenvalue weighted by molar-refractivity contribution is -0.120. The fourth-order valence-electron chi connectivity index (χ4n) is 1.46. The van der Waals surface area contributed by atoms with Gasteiger partial charge in [0.15, 0.2) is 0 Å². The number of carbonyl (C=O) groups excluding carboxylic acids is 1. The highest BCUT2D eigenvalue weighted by Gasteiger charge is 2.22. The summed E-state index contributed by atoms with van der Waals surface area (Å²) in [6.07, 6.45) is 5.61. The summed E-state index contributed by atoms with van der Waals surface area (Å²) < 4.78 is 0. The van der Waals surface area contributed by atoms with Crippen molar-refractivity contribution in [2.24, 2.45) is 0 Å². The number of aromatic nitrogens is 2. The van der Waals surface area contributed by atoms with Gasteiger partial charge >= 0.3 is 0 Å². The number of amides is 1. The highest BCUT2D eigenvalue weighted by atomic mass is 32.2. The molecule has 1 amide bonds. The van der Waals surface area contributed by atoms with Gasteiger partial charge < -0.3 is 10.3 Å². The first-order chi connectivity index (χ1) is 6.86. The second-order valence-electron chi connectivity index (χ2n) is 3.26. The molecule has 5 heteroatoms. The summed E-state index contributed by atoms with van der Waals surface area (Å²) >= 11 is 1.75. The zero-order valence-electron chi connectivity index (χ0n) is 7.82. The number of nitrogens with one attached hydrogen (secondary N) is 2. The number of thioether (sulfide) groups is 1. The van der Waals surface area contributed by atoms with E-state index in [0.717, 1.165) is 24.4 Å². The van der Waals surface area contributed by atoms with Crippen LogP contribution >= 0.6 is 11.8 Å². The van der Waals surface area contributed by atoms with Crippen molar-refractivity contribution in [3.05, 3.63) is 18.2 Å². The molecule has 0 aliphatic carbocycles. The Balaban J connectivity index is 1.77. The summed E-state index contributed by atoms with van der Waals surface area (Å²) in [6, 6.07) is 0. The normalized spacial score (nSPS) is 21.0. The largest absolute Gasteiger partial charge is 0.348 e. The minimum Gasteiger partial charge on any atom is -0.348 e. The number of carbonyl (C=O) groups is 1. The van der Waals surface area contributed by atoms with Crippen molar-refractivity contribution in [2.75, 3.05) is 5.75 Å². The van der Waals surface area contributed by atoms with Crippen LogP contribution in [-0.2, 0) is 11.3 Å². The molecule has 1 aromatic heterocycles. The molecule has 0 spiro atoms. The van der Waals surface area contributed by atoms with Crippen molar-refractivity contribution < 1.29 is 4.79 Å². The van der Waals surface area contributed by atoms with Gasteiger partial charge in [0.2, 0.25) is 5.91 Å². The fraction of sp³-hybridized carbons (Fsp3) is 0.556. The Morgan fingerprint density at radius 3 is 3.36 bits per heavy atom. The van der Waals surface area contributed by atoms with Crippen LogP contribution in [0.25, 0.3) is 0 Å². The maximum Gasteiger partial charge on any atom is 0.233 e. The zero-order valence-corrected chi connectivity index (χ0v) is 8.64. The monoisotopic (exact) mass is 211 g/mol. The molecule has 2 rings (SSSR count). The molecule has 1 fully saturated rings. The predicted molar refractivity (Wildman–Crippen MR) is 55.9 cm³/mol. The van der Waals surface area contributed by atoms with Crippen LogP contribution in [0.3, 0.4) is 0 Å². The van der Waals surface area contributed by atoms with E-state index in [2.05, 4.69) is 15.3 Å². The van der Waals surface area contributed by atoms with Gasteiger partial charge in [0.1, 0.15) is 5.82 Å². The van der Waals surface area contributed by atoms with E-state index in [0.29, 0.717) is 6.54 Å². The lowest BCUT2D eigenvalue weighted by atomic mass is 10.2. The lowest BCUT2D eigenvalue weighted by Gasteiger charge is -2.08. The molecule has 0 saturated carbocycles. The number of rotatable bonds is 3. The van der Waals surface area contributed by atoms with Crippen LogP contribution in [-0.4, -0.2) is 26.9 Å². The first-order valence-electron chi connectivity index (χ1n) is 4.74. The summed E-state index contributed by atoms with van der Waals surface area (Å²) in [5, 5.41) is 3.03. The first kappa shape index (κ1) is 9.58. The van der Waals surface area contributed by atoms with Gasteiger partial charge in [-0.05, 0) is 18.6 Å². The predicted octanol–water partition coefficient (Wildman–Crippen LogP) is 0.921. The number of aromatic amines is 1. The van der Waals surface area contributed by atoms with Gasteiger partial charge in [-0.1, -0.05) is 0 Å². The van der Waals surface area contributed by atoms with E-state index in [1.165, 1.54) is 0 Å². The van der Waals surface area contributed by atoms with Gasteiger partial charge in [-0.3, -0.25) is 4.79 Å². The molecule has 0 radical (unpaired) electrons. The van der Waals surface area contributed by atoms with E-state index in [-0.39, 0.29) is 11.2 Å². The summed E-state index contributed by atoms with van der Waals surface area (Å²) in [5.74, 6) is 2.06. The smallest absolute Gasteiger partial charge is 0.233 e. The molecule has 4 nitrogen and oxygen atoms in total. The molecule has 1 aliphatic rings. The second-order valence-corrected chi connectivity index (χ2v) is 4.57. The van der Waals surface area contributed by atoms with Crippen molar-refractivity contribution in [1.82, 2.24) is 15.3 Å². The van der Waals surface area contributed by atoms with Crippen LogP contribution in [0.1, 0.15) is 18.7 Å². The third-order valence-electron chi connectivity index (χ3n) is 2.21. The number of hydrogen-bond acceptors (Lipinski definition) is 3. The Kier molecular flexibility index (Phi) is 3.08. The van der Waals surface area contributed by atoms with Gasteiger partial charge in [0, 0.05) is 12.4 Å². The van der Waals surface area contributed by atoms with Crippen molar-refractivity contribution in [1.29, 1.82) is 0 Å². The number of H-pyrrole nitrogens is 1. The molecule has 0 bridgehead atoms. The van der Waals surface area contributed by atoms with Crippen LogP contribution < -0.4 is 5.32 Å². The molecule has 0 aromatic carbocycles. The van der Waals surface area contributed by atoms with E-state index in [4.69, 9.17) is 0 Å².